The highest BCUT2D eigenvalue weighted by Crippen LogP contribution is 2.47. The Hall–Kier alpha value is -3.08. The van der Waals surface area contributed by atoms with Crippen molar-refractivity contribution in [1.82, 2.24) is 10.3 Å². The Balaban J connectivity index is 1.21. The van der Waals surface area contributed by atoms with Gasteiger partial charge in [-0.3, -0.25) is 4.98 Å². The van der Waals surface area contributed by atoms with Crippen LogP contribution < -0.4 is 15.5 Å². The number of piperidine rings is 1. The van der Waals surface area contributed by atoms with Gasteiger partial charge in [0.05, 0.1) is 5.69 Å². The molecule has 2 unspecified atom stereocenters. The van der Waals surface area contributed by atoms with Crippen molar-refractivity contribution in [3.8, 4) is 0 Å². The molecular weight excluding hydrogens is 360 g/mol. The SMILES string of the molecule is CC(C)c1ccccc1N1CC2C(C1)C2NC(=O)Nc1cccc2cnccc12. The Labute approximate surface area is 171 Å². The predicted octanol–water partition coefficient (Wildman–Crippen LogP) is 4.61. The van der Waals surface area contributed by atoms with Crippen LogP contribution in [-0.2, 0) is 0 Å². The second kappa shape index (κ2) is 7.07. The molecule has 1 aliphatic heterocycles. The first kappa shape index (κ1) is 18.0. The van der Waals surface area contributed by atoms with Crippen molar-refractivity contribution in [2.24, 2.45) is 11.8 Å². The minimum atomic E-state index is -0.122. The lowest BCUT2D eigenvalue weighted by Gasteiger charge is -2.26. The number of aromatic nitrogens is 1. The third-order valence-corrected chi connectivity index (χ3v) is 6.32. The first-order valence-electron chi connectivity index (χ1n) is 10.4. The summed E-state index contributed by atoms with van der Waals surface area (Å²) in [6.45, 7) is 6.51. The molecule has 29 heavy (non-hydrogen) atoms. The van der Waals surface area contributed by atoms with E-state index in [1.165, 1.54) is 11.3 Å². The van der Waals surface area contributed by atoms with Crippen molar-refractivity contribution < 1.29 is 4.79 Å². The molecule has 5 heteroatoms. The number of pyridine rings is 1. The number of benzene rings is 2. The van der Waals surface area contributed by atoms with Crippen LogP contribution in [0, 0.1) is 11.8 Å². The van der Waals surface area contributed by atoms with Crippen LogP contribution in [0.3, 0.4) is 0 Å². The monoisotopic (exact) mass is 386 g/mol. The number of fused-ring (bicyclic) bond motifs is 2. The number of anilines is 2. The summed E-state index contributed by atoms with van der Waals surface area (Å²) in [5.41, 5.74) is 3.57. The van der Waals surface area contributed by atoms with E-state index in [0.717, 1.165) is 29.5 Å². The lowest BCUT2D eigenvalue weighted by molar-refractivity contribution is 0.250. The molecule has 5 rings (SSSR count). The molecule has 2 N–H and O–H groups in total. The fourth-order valence-electron chi connectivity index (χ4n) is 4.74. The summed E-state index contributed by atoms with van der Waals surface area (Å²) in [7, 11) is 0. The van der Waals surface area contributed by atoms with Crippen molar-refractivity contribution in [3.05, 3.63) is 66.5 Å². The molecule has 2 amide bonds. The first-order valence-corrected chi connectivity index (χ1v) is 10.4. The van der Waals surface area contributed by atoms with Crippen LogP contribution >= 0.6 is 0 Å². The van der Waals surface area contributed by atoms with E-state index in [-0.39, 0.29) is 12.1 Å². The summed E-state index contributed by atoms with van der Waals surface area (Å²) >= 11 is 0. The summed E-state index contributed by atoms with van der Waals surface area (Å²) in [4.78, 5) is 19.2. The molecular formula is C24H26N4O. The number of urea groups is 1. The van der Waals surface area contributed by atoms with Crippen molar-refractivity contribution in [2.45, 2.75) is 25.8 Å². The number of carbonyl (C=O) groups is 1. The van der Waals surface area contributed by atoms with Crippen LogP contribution in [0.25, 0.3) is 10.8 Å². The predicted molar refractivity (Wildman–Crippen MR) is 117 cm³/mol. The van der Waals surface area contributed by atoms with E-state index >= 15 is 0 Å². The molecule has 2 aromatic carbocycles. The van der Waals surface area contributed by atoms with Gasteiger partial charge in [0, 0.05) is 59.8 Å². The van der Waals surface area contributed by atoms with Gasteiger partial charge in [-0.2, -0.15) is 0 Å². The largest absolute Gasteiger partial charge is 0.371 e. The van der Waals surface area contributed by atoms with Gasteiger partial charge in [0.25, 0.3) is 0 Å². The van der Waals surface area contributed by atoms with Crippen molar-refractivity contribution in [2.75, 3.05) is 23.3 Å². The average molecular weight is 386 g/mol. The Bertz CT molecular complexity index is 1050. The molecule has 0 bridgehead atoms. The minimum absolute atomic E-state index is 0.122. The molecule has 1 saturated carbocycles. The highest BCUT2D eigenvalue weighted by atomic mass is 16.2. The summed E-state index contributed by atoms with van der Waals surface area (Å²) in [6.07, 6.45) is 3.56. The molecule has 0 radical (unpaired) electrons. The second-order valence-corrected chi connectivity index (χ2v) is 8.47. The Kier molecular flexibility index (Phi) is 4.38. The van der Waals surface area contributed by atoms with Crippen molar-refractivity contribution in [3.63, 3.8) is 0 Å². The van der Waals surface area contributed by atoms with Gasteiger partial charge >= 0.3 is 6.03 Å². The van der Waals surface area contributed by atoms with Crippen LogP contribution in [0.1, 0.15) is 25.3 Å². The number of para-hydroxylation sites is 1. The summed E-state index contributed by atoms with van der Waals surface area (Å²) in [5, 5.41) is 8.23. The summed E-state index contributed by atoms with van der Waals surface area (Å²) < 4.78 is 0. The number of rotatable bonds is 4. The highest BCUT2D eigenvalue weighted by Gasteiger charge is 2.56. The van der Waals surface area contributed by atoms with Crippen molar-refractivity contribution >= 4 is 28.2 Å². The Morgan fingerprint density at radius 2 is 1.86 bits per heavy atom. The van der Waals surface area contributed by atoms with E-state index in [1.54, 1.807) is 6.20 Å². The topological polar surface area (TPSA) is 57.3 Å². The van der Waals surface area contributed by atoms with Crippen molar-refractivity contribution in [1.29, 1.82) is 0 Å². The van der Waals surface area contributed by atoms with Gasteiger partial charge < -0.3 is 15.5 Å². The van der Waals surface area contributed by atoms with Gasteiger partial charge in [-0.25, -0.2) is 4.79 Å². The minimum Gasteiger partial charge on any atom is -0.371 e. The van der Waals surface area contributed by atoms with Gasteiger partial charge in [0.1, 0.15) is 0 Å². The molecule has 0 spiro atoms. The number of nitrogens with zero attached hydrogens (tertiary/aromatic N) is 2. The third-order valence-electron chi connectivity index (χ3n) is 6.32. The quantitative estimate of drug-likeness (QED) is 0.688. The third kappa shape index (κ3) is 3.31. The number of hydrogen-bond acceptors (Lipinski definition) is 3. The lowest BCUT2D eigenvalue weighted by atomic mass is 10.0. The maximum absolute atomic E-state index is 12.6. The zero-order valence-electron chi connectivity index (χ0n) is 16.8. The van der Waals surface area contributed by atoms with Gasteiger partial charge in [0.2, 0.25) is 0 Å². The molecule has 1 aromatic heterocycles. The Morgan fingerprint density at radius 3 is 2.66 bits per heavy atom. The fraction of sp³-hybridized carbons (Fsp3) is 0.333. The zero-order chi connectivity index (χ0) is 20.0. The summed E-state index contributed by atoms with van der Waals surface area (Å²) in [5.74, 6) is 1.59. The zero-order valence-corrected chi connectivity index (χ0v) is 16.8. The first-order chi connectivity index (χ1) is 14.1. The fourth-order valence-corrected chi connectivity index (χ4v) is 4.74. The maximum Gasteiger partial charge on any atom is 0.319 e. The molecule has 148 valence electrons. The second-order valence-electron chi connectivity index (χ2n) is 8.47. The van der Waals surface area contributed by atoms with Crippen LogP contribution in [0.5, 0.6) is 0 Å². The van der Waals surface area contributed by atoms with Crippen LogP contribution in [-0.4, -0.2) is 30.1 Å². The normalized spacial score (nSPS) is 22.6. The van der Waals surface area contributed by atoms with E-state index in [4.69, 9.17) is 0 Å². The average Bonchev–Trinajstić information content (AvgIpc) is 3.16. The van der Waals surface area contributed by atoms with E-state index < -0.39 is 0 Å². The van der Waals surface area contributed by atoms with E-state index in [9.17, 15) is 4.79 Å². The van der Waals surface area contributed by atoms with Gasteiger partial charge in [-0.1, -0.05) is 44.2 Å². The molecule has 5 nitrogen and oxygen atoms in total. The van der Waals surface area contributed by atoms with E-state index in [1.807, 2.05) is 30.5 Å². The summed E-state index contributed by atoms with van der Waals surface area (Å²) in [6, 6.07) is 16.6. The van der Waals surface area contributed by atoms with E-state index in [2.05, 4.69) is 58.6 Å². The van der Waals surface area contributed by atoms with E-state index in [0.29, 0.717) is 17.8 Å². The van der Waals surface area contributed by atoms with Gasteiger partial charge in [-0.15, -0.1) is 0 Å². The Morgan fingerprint density at radius 1 is 1.07 bits per heavy atom. The van der Waals surface area contributed by atoms with Crippen LogP contribution in [0.15, 0.2) is 60.9 Å². The number of amides is 2. The molecule has 1 saturated heterocycles. The van der Waals surface area contributed by atoms with Crippen LogP contribution in [0.4, 0.5) is 16.2 Å². The number of hydrogen-bond donors (Lipinski definition) is 2. The lowest BCUT2D eigenvalue weighted by Crippen LogP contribution is -2.37. The number of carbonyl (C=O) groups excluding carboxylic acids is 1. The molecule has 2 heterocycles. The maximum atomic E-state index is 12.6. The molecule has 2 atom stereocenters. The standard InChI is InChI=1S/C24H26N4O/c1-15(2)17-7-3-4-9-22(17)28-13-19-20(14-28)23(19)27-24(29)26-21-8-5-6-16-12-25-11-10-18(16)21/h3-12,15,19-20,23H,13-14H2,1-2H3,(H2,26,27,29). The van der Waals surface area contributed by atoms with Crippen LogP contribution in [0.2, 0.25) is 0 Å². The van der Waals surface area contributed by atoms with Gasteiger partial charge in [0.15, 0.2) is 0 Å². The molecule has 3 aromatic rings. The van der Waals surface area contributed by atoms with Gasteiger partial charge in [-0.05, 0) is 29.7 Å². The smallest absolute Gasteiger partial charge is 0.319 e. The molecule has 2 fully saturated rings. The molecule has 2 aliphatic rings. The molecule has 1 aliphatic carbocycles. The number of nitrogens with one attached hydrogen (secondary N) is 2. The highest BCUT2D eigenvalue weighted by molar-refractivity contribution is 6.01.